The van der Waals surface area contributed by atoms with Gasteiger partial charge in [0.05, 0.1) is 29.9 Å². The molecule has 3 aromatic rings. The first-order valence-electron chi connectivity index (χ1n) is 10.8. The van der Waals surface area contributed by atoms with Gasteiger partial charge in [-0.25, -0.2) is 4.90 Å². The summed E-state index contributed by atoms with van der Waals surface area (Å²) in [6.07, 6.45) is 0. The Bertz CT molecular complexity index is 1330. The summed E-state index contributed by atoms with van der Waals surface area (Å²) in [6, 6.07) is 20.1. The SMILES string of the molecule is COc1ccc(N2C(=O)C3C4c5ccccc5C(C)(c5ccccc54)C3C2=O)c([N+](=O)[O-])c1. The number of anilines is 1. The minimum Gasteiger partial charge on any atom is -0.496 e. The maximum absolute atomic E-state index is 13.9. The molecule has 0 aromatic heterocycles. The normalized spacial score (nSPS) is 26.6. The standard InChI is InChI=1S/C26H20N2O5/c1-26-17-9-5-3-7-15(17)21(16-8-4-6-10-18(16)26)22-23(26)25(30)27(24(22)29)19-12-11-14(33-2)13-20(19)28(31)32/h3-13,21-23H,1-2H3. The molecule has 1 fully saturated rings. The van der Waals surface area contributed by atoms with Crippen LogP contribution < -0.4 is 9.64 Å². The quantitative estimate of drug-likeness (QED) is 0.346. The zero-order chi connectivity index (χ0) is 23.1. The van der Waals surface area contributed by atoms with Crippen LogP contribution in [-0.4, -0.2) is 23.8 Å². The number of nitrogens with zero attached hydrogens (tertiary/aromatic N) is 2. The monoisotopic (exact) mass is 440 g/mol. The lowest BCUT2D eigenvalue weighted by atomic mass is 9.48. The van der Waals surface area contributed by atoms with E-state index in [4.69, 9.17) is 4.74 Å². The summed E-state index contributed by atoms with van der Waals surface area (Å²) in [7, 11) is 1.41. The molecule has 1 heterocycles. The zero-order valence-corrected chi connectivity index (χ0v) is 18.0. The van der Waals surface area contributed by atoms with Crippen molar-refractivity contribution in [2.75, 3.05) is 12.0 Å². The molecule has 2 atom stereocenters. The molecule has 164 valence electrons. The van der Waals surface area contributed by atoms with Crippen LogP contribution in [0.25, 0.3) is 0 Å². The number of imide groups is 1. The highest BCUT2D eigenvalue weighted by Crippen LogP contribution is 2.64. The molecule has 3 aliphatic carbocycles. The summed E-state index contributed by atoms with van der Waals surface area (Å²) in [5, 5.41) is 11.8. The Morgan fingerprint density at radius 2 is 1.55 bits per heavy atom. The van der Waals surface area contributed by atoms with Gasteiger partial charge in [-0.1, -0.05) is 55.5 Å². The number of benzene rings is 3. The largest absolute Gasteiger partial charge is 0.496 e. The molecule has 7 nitrogen and oxygen atoms in total. The van der Waals surface area contributed by atoms with Crippen molar-refractivity contribution in [3.05, 3.63) is 99.1 Å². The summed E-state index contributed by atoms with van der Waals surface area (Å²) in [6.45, 7) is 2.02. The maximum atomic E-state index is 13.9. The minimum absolute atomic E-state index is 0.0127. The van der Waals surface area contributed by atoms with E-state index in [9.17, 15) is 19.7 Å². The molecule has 0 spiro atoms. The number of nitro groups is 1. The lowest BCUT2D eigenvalue weighted by molar-refractivity contribution is -0.384. The molecule has 0 saturated carbocycles. The van der Waals surface area contributed by atoms with E-state index in [1.807, 2.05) is 55.5 Å². The Hall–Kier alpha value is -4.00. The van der Waals surface area contributed by atoms with E-state index in [1.165, 1.54) is 25.3 Å². The van der Waals surface area contributed by atoms with E-state index in [2.05, 4.69) is 0 Å². The number of ether oxygens (including phenoxy) is 1. The lowest BCUT2D eigenvalue weighted by Crippen LogP contribution is -2.51. The third-order valence-electron chi connectivity index (χ3n) is 7.66. The second kappa shape index (κ2) is 6.51. The summed E-state index contributed by atoms with van der Waals surface area (Å²) >= 11 is 0. The van der Waals surface area contributed by atoms with Crippen LogP contribution >= 0.6 is 0 Å². The molecule has 1 saturated heterocycles. The van der Waals surface area contributed by atoms with Gasteiger partial charge in [0.15, 0.2) is 0 Å². The highest BCUT2D eigenvalue weighted by Gasteiger charge is 2.66. The van der Waals surface area contributed by atoms with Crippen molar-refractivity contribution in [3.63, 3.8) is 0 Å². The molecular weight excluding hydrogens is 420 g/mol. The summed E-state index contributed by atoms with van der Waals surface area (Å²) in [5.74, 6) is -2.03. The molecular formula is C26H20N2O5. The molecule has 7 heteroatoms. The number of hydrogen-bond donors (Lipinski definition) is 0. The van der Waals surface area contributed by atoms with Crippen LogP contribution in [0, 0.1) is 22.0 Å². The highest BCUT2D eigenvalue weighted by molar-refractivity contribution is 6.24. The predicted octanol–water partition coefficient (Wildman–Crippen LogP) is 4.17. The number of nitro benzene ring substituents is 1. The molecule has 33 heavy (non-hydrogen) atoms. The van der Waals surface area contributed by atoms with Crippen LogP contribution in [0.4, 0.5) is 11.4 Å². The second-order valence-corrected chi connectivity index (χ2v) is 8.98. The number of carbonyl (C=O) groups is 2. The van der Waals surface area contributed by atoms with E-state index in [-0.39, 0.29) is 23.0 Å². The van der Waals surface area contributed by atoms with Gasteiger partial charge in [-0.05, 0) is 34.4 Å². The van der Waals surface area contributed by atoms with Gasteiger partial charge >= 0.3 is 0 Å². The number of rotatable bonds is 3. The molecule has 3 aromatic carbocycles. The molecule has 1 aliphatic heterocycles. The van der Waals surface area contributed by atoms with Crippen LogP contribution in [0.5, 0.6) is 5.75 Å². The van der Waals surface area contributed by atoms with Gasteiger partial charge in [-0.3, -0.25) is 19.7 Å². The second-order valence-electron chi connectivity index (χ2n) is 8.98. The van der Waals surface area contributed by atoms with Crippen LogP contribution in [0.1, 0.15) is 35.1 Å². The Morgan fingerprint density at radius 1 is 0.939 bits per heavy atom. The molecule has 2 unspecified atom stereocenters. The molecule has 0 radical (unpaired) electrons. The average Bonchev–Trinajstić information content (AvgIpc) is 3.10. The lowest BCUT2D eigenvalue weighted by Gasteiger charge is -2.52. The Morgan fingerprint density at radius 3 is 2.12 bits per heavy atom. The molecule has 2 bridgehead atoms. The van der Waals surface area contributed by atoms with Crippen molar-refractivity contribution < 1.29 is 19.2 Å². The molecule has 4 aliphatic rings. The molecule has 0 N–H and O–H groups in total. The zero-order valence-electron chi connectivity index (χ0n) is 18.0. The van der Waals surface area contributed by atoms with Crippen LogP contribution in [0.3, 0.4) is 0 Å². The van der Waals surface area contributed by atoms with Gasteiger partial charge in [0.25, 0.3) is 5.69 Å². The van der Waals surface area contributed by atoms with Crippen LogP contribution in [0.15, 0.2) is 66.7 Å². The van der Waals surface area contributed by atoms with E-state index < -0.39 is 34.0 Å². The van der Waals surface area contributed by atoms with E-state index >= 15 is 0 Å². The van der Waals surface area contributed by atoms with Crippen molar-refractivity contribution in [2.45, 2.75) is 18.3 Å². The number of amides is 2. The highest BCUT2D eigenvalue weighted by atomic mass is 16.6. The van der Waals surface area contributed by atoms with Gasteiger partial charge in [-0.15, -0.1) is 0 Å². The smallest absolute Gasteiger partial charge is 0.297 e. The van der Waals surface area contributed by atoms with Crippen molar-refractivity contribution in [3.8, 4) is 5.75 Å². The first-order valence-corrected chi connectivity index (χ1v) is 10.8. The fourth-order valence-corrected chi connectivity index (χ4v) is 6.35. The third-order valence-corrected chi connectivity index (χ3v) is 7.66. The first kappa shape index (κ1) is 19.7. The predicted molar refractivity (Wildman–Crippen MR) is 120 cm³/mol. The third kappa shape index (κ3) is 2.29. The Balaban J connectivity index is 1.59. The van der Waals surface area contributed by atoms with Gasteiger partial charge in [0, 0.05) is 11.3 Å². The van der Waals surface area contributed by atoms with Gasteiger partial charge < -0.3 is 4.74 Å². The van der Waals surface area contributed by atoms with Crippen molar-refractivity contribution >= 4 is 23.2 Å². The summed E-state index contributed by atoms with van der Waals surface area (Å²) in [5.41, 5.74) is 3.13. The molecule has 2 amide bonds. The van der Waals surface area contributed by atoms with Crippen LogP contribution in [-0.2, 0) is 15.0 Å². The first-order chi connectivity index (χ1) is 15.9. The molecule has 7 rings (SSSR count). The number of carbonyl (C=O) groups excluding carboxylic acids is 2. The summed E-state index contributed by atoms with van der Waals surface area (Å²) in [4.78, 5) is 40.1. The van der Waals surface area contributed by atoms with Gasteiger partial charge in [0.1, 0.15) is 11.4 Å². The minimum atomic E-state index is -0.713. The maximum Gasteiger partial charge on any atom is 0.297 e. The van der Waals surface area contributed by atoms with Gasteiger partial charge in [-0.2, -0.15) is 0 Å². The van der Waals surface area contributed by atoms with E-state index in [0.29, 0.717) is 0 Å². The van der Waals surface area contributed by atoms with Crippen molar-refractivity contribution in [2.24, 2.45) is 11.8 Å². The fraction of sp³-hybridized carbons (Fsp3) is 0.231. The average molecular weight is 440 g/mol. The number of hydrogen-bond acceptors (Lipinski definition) is 5. The fourth-order valence-electron chi connectivity index (χ4n) is 6.35. The van der Waals surface area contributed by atoms with Crippen molar-refractivity contribution in [1.82, 2.24) is 0 Å². The van der Waals surface area contributed by atoms with Crippen molar-refractivity contribution in [1.29, 1.82) is 0 Å². The topological polar surface area (TPSA) is 89.8 Å². The Kier molecular flexibility index (Phi) is 3.88. The Labute approximate surface area is 189 Å². The summed E-state index contributed by atoms with van der Waals surface area (Å²) < 4.78 is 5.12. The van der Waals surface area contributed by atoms with E-state index in [1.54, 1.807) is 0 Å². The van der Waals surface area contributed by atoms with Gasteiger partial charge in [0.2, 0.25) is 11.8 Å². The van der Waals surface area contributed by atoms with E-state index in [0.717, 1.165) is 27.2 Å². The van der Waals surface area contributed by atoms with Crippen LogP contribution in [0.2, 0.25) is 0 Å². The number of methoxy groups -OCH3 is 1.